The molecule has 22 heavy (non-hydrogen) atoms. The summed E-state index contributed by atoms with van der Waals surface area (Å²) in [5, 5.41) is 0.591. The molecule has 7 nitrogen and oxygen atoms in total. The minimum atomic E-state index is -0.759. The number of hydrogen-bond acceptors (Lipinski definition) is 7. The molecule has 0 saturated heterocycles. The van der Waals surface area contributed by atoms with Crippen LogP contribution in [0.15, 0.2) is 28.7 Å². The van der Waals surface area contributed by atoms with E-state index in [1.165, 1.54) is 13.2 Å². The zero-order chi connectivity index (χ0) is 15.9. The molecular weight excluding hydrogens is 291 g/mol. The first-order valence-corrected chi connectivity index (χ1v) is 6.20. The van der Waals surface area contributed by atoms with Gasteiger partial charge in [0, 0.05) is 10.9 Å². The Morgan fingerprint density at radius 1 is 1.27 bits per heavy atom. The lowest BCUT2D eigenvalue weighted by Gasteiger charge is -2.05. The number of nitrogens with zero attached hydrogens (tertiary/aromatic N) is 2. The molecule has 0 aliphatic rings. The number of esters is 1. The normalized spacial score (nSPS) is 10.8. The number of fused-ring (bicyclic) bond motifs is 1. The van der Waals surface area contributed by atoms with Crippen molar-refractivity contribution < 1.29 is 18.3 Å². The number of methoxy groups -OCH3 is 1. The number of nitrogens with two attached hydrogens (primary N) is 2. The number of rotatable bonds is 2. The Morgan fingerprint density at radius 2 is 2.05 bits per heavy atom. The molecule has 0 fully saturated rings. The van der Waals surface area contributed by atoms with E-state index in [1.54, 1.807) is 18.2 Å². The molecule has 3 rings (SSSR count). The van der Waals surface area contributed by atoms with Gasteiger partial charge in [0.1, 0.15) is 11.3 Å². The van der Waals surface area contributed by atoms with E-state index in [-0.39, 0.29) is 23.2 Å². The van der Waals surface area contributed by atoms with Crippen molar-refractivity contribution in [2.75, 3.05) is 18.6 Å². The summed E-state index contributed by atoms with van der Waals surface area (Å²) >= 11 is 0. The minimum Gasteiger partial charge on any atom is -0.463 e. The summed E-state index contributed by atoms with van der Waals surface area (Å²) < 4.78 is 24.0. The van der Waals surface area contributed by atoms with Crippen LogP contribution in [0.4, 0.5) is 16.2 Å². The molecule has 4 N–H and O–H groups in total. The molecule has 0 aliphatic heterocycles. The van der Waals surface area contributed by atoms with E-state index in [1.807, 2.05) is 0 Å². The largest absolute Gasteiger partial charge is 0.463 e. The van der Waals surface area contributed by atoms with Gasteiger partial charge in [0.2, 0.25) is 11.7 Å². The highest BCUT2D eigenvalue weighted by Gasteiger charge is 2.16. The van der Waals surface area contributed by atoms with Crippen LogP contribution < -0.4 is 11.5 Å². The smallest absolute Gasteiger partial charge is 0.373 e. The van der Waals surface area contributed by atoms with E-state index in [9.17, 15) is 9.18 Å². The van der Waals surface area contributed by atoms with Crippen LogP contribution in [0, 0.1) is 5.82 Å². The topological polar surface area (TPSA) is 117 Å². The number of carbonyl (C=O) groups is 1. The van der Waals surface area contributed by atoms with Crippen LogP contribution in [0.25, 0.3) is 22.2 Å². The number of aromatic nitrogens is 2. The molecule has 0 unspecified atom stereocenters. The van der Waals surface area contributed by atoms with Gasteiger partial charge in [-0.25, -0.2) is 14.2 Å². The fraction of sp³-hybridized carbons (Fsp3) is 0.0714. The minimum absolute atomic E-state index is 0.0206. The molecule has 2 aromatic heterocycles. The second-order valence-electron chi connectivity index (χ2n) is 4.48. The highest BCUT2D eigenvalue weighted by atomic mass is 19.1. The van der Waals surface area contributed by atoms with Crippen LogP contribution in [0.1, 0.15) is 10.6 Å². The summed E-state index contributed by atoms with van der Waals surface area (Å²) in [7, 11) is 1.25. The summed E-state index contributed by atoms with van der Waals surface area (Å²) in [5.74, 6) is -1.76. The lowest BCUT2D eigenvalue weighted by Crippen LogP contribution is -2.05. The van der Waals surface area contributed by atoms with Gasteiger partial charge in [0.15, 0.2) is 11.6 Å². The van der Waals surface area contributed by atoms with E-state index in [4.69, 9.17) is 15.9 Å². The molecule has 0 saturated carbocycles. The van der Waals surface area contributed by atoms with Crippen LogP contribution in [-0.4, -0.2) is 23.0 Å². The number of anilines is 2. The van der Waals surface area contributed by atoms with Gasteiger partial charge in [-0.1, -0.05) is 0 Å². The second kappa shape index (κ2) is 4.99. The number of furan rings is 1. The van der Waals surface area contributed by atoms with Crippen LogP contribution in [0.3, 0.4) is 0 Å². The number of nitrogen functional groups attached to an aromatic ring is 2. The Bertz CT molecular complexity index is 891. The Labute approximate surface area is 123 Å². The molecule has 0 amide bonds. The molecular formula is C14H11FN4O3. The predicted octanol–water partition coefficient (Wildman–Crippen LogP) is 1.98. The van der Waals surface area contributed by atoms with Crippen LogP contribution >= 0.6 is 0 Å². The number of carbonyl (C=O) groups excluding carboxylic acids is 1. The van der Waals surface area contributed by atoms with E-state index in [0.29, 0.717) is 16.5 Å². The molecule has 1 aromatic carbocycles. The molecule has 0 atom stereocenters. The number of benzene rings is 1. The maximum absolute atomic E-state index is 14.1. The lowest BCUT2D eigenvalue weighted by atomic mass is 10.1. The third-order valence-corrected chi connectivity index (χ3v) is 3.07. The number of hydrogen-bond donors (Lipinski definition) is 2. The zero-order valence-electron chi connectivity index (χ0n) is 11.5. The quantitative estimate of drug-likeness (QED) is 0.695. The van der Waals surface area contributed by atoms with Gasteiger partial charge in [-0.15, -0.1) is 0 Å². The zero-order valence-corrected chi connectivity index (χ0v) is 11.5. The SMILES string of the molecule is COC(=O)c1cc2cc(-c3nc(N)nc(N)c3F)ccc2o1. The van der Waals surface area contributed by atoms with Gasteiger partial charge < -0.3 is 20.6 Å². The lowest BCUT2D eigenvalue weighted by molar-refractivity contribution is 0.0567. The van der Waals surface area contributed by atoms with Crippen molar-refractivity contribution in [2.24, 2.45) is 0 Å². The fourth-order valence-electron chi connectivity index (χ4n) is 2.07. The van der Waals surface area contributed by atoms with E-state index >= 15 is 0 Å². The molecule has 2 heterocycles. The third-order valence-electron chi connectivity index (χ3n) is 3.07. The van der Waals surface area contributed by atoms with Crippen molar-refractivity contribution in [3.63, 3.8) is 0 Å². The van der Waals surface area contributed by atoms with Gasteiger partial charge in [-0.2, -0.15) is 4.98 Å². The fourth-order valence-corrected chi connectivity index (χ4v) is 2.07. The Hall–Kier alpha value is -3.16. The van der Waals surface area contributed by atoms with Crippen LogP contribution in [-0.2, 0) is 4.74 Å². The van der Waals surface area contributed by atoms with Gasteiger partial charge in [-0.3, -0.25) is 0 Å². The number of halogens is 1. The Kier molecular flexibility index (Phi) is 3.13. The molecule has 3 aromatic rings. The van der Waals surface area contributed by atoms with E-state index in [2.05, 4.69) is 14.7 Å². The third kappa shape index (κ3) is 2.20. The standard InChI is InChI=1S/C14H11FN4O3/c1-21-13(20)9-5-7-4-6(2-3-8(7)22-9)11-10(15)12(16)19-14(17)18-11/h2-5H,1H3,(H4,16,17,18,19). The maximum atomic E-state index is 14.1. The van der Waals surface area contributed by atoms with Crippen LogP contribution in [0.2, 0.25) is 0 Å². The first kappa shape index (κ1) is 13.8. The summed E-state index contributed by atoms with van der Waals surface area (Å²) in [6.45, 7) is 0. The van der Waals surface area contributed by atoms with Crippen molar-refractivity contribution in [1.29, 1.82) is 0 Å². The Morgan fingerprint density at radius 3 is 2.77 bits per heavy atom. The van der Waals surface area contributed by atoms with Crippen molar-refractivity contribution in [2.45, 2.75) is 0 Å². The van der Waals surface area contributed by atoms with Crippen molar-refractivity contribution in [1.82, 2.24) is 9.97 Å². The average molecular weight is 302 g/mol. The van der Waals surface area contributed by atoms with Crippen molar-refractivity contribution in [3.8, 4) is 11.3 Å². The first-order valence-electron chi connectivity index (χ1n) is 6.20. The predicted molar refractivity (Wildman–Crippen MR) is 77.4 cm³/mol. The monoisotopic (exact) mass is 302 g/mol. The first-order chi connectivity index (χ1) is 10.5. The van der Waals surface area contributed by atoms with Crippen molar-refractivity contribution >= 4 is 28.7 Å². The maximum Gasteiger partial charge on any atom is 0.373 e. The molecule has 0 aliphatic carbocycles. The number of ether oxygens (including phenoxy) is 1. The molecule has 0 bridgehead atoms. The van der Waals surface area contributed by atoms with E-state index in [0.717, 1.165) is 0 Å². The highest BCUT2D eigenvalue weighted by Crippen LogP contribution is 2.29. The van der Waals surface area contributed by atoms with Crippen molar-refractivity contribution in [3.05, 3.63) is 35.8 Å². The molecule has 0 radical (unpaired) electrons. The van der Waals surface area contributed by atoms with Gasteiger partial charge in [-0.05, 0) is 24.3 Å². The summed E-state index contributed by atoms with van der Waals surface area (Å²) in [4.78, 5) is 18.9. The van der Waals surface area contributed by atoms with E-state index < -0.39 is 11.8 Å². The molecule has 8 heteroatoms. The Balaban J connectivity index is 2.15. The van der Waals surface area contributed by atoms with Crippen LogP contribution in [0.5, 0.6) is 0 Å². The summed E-state index contributed by atoms with van der Waals surface area (Å²) in [6.07, 6.45) is 0. The summed E-state index contributed by atoms with van der Waals surface area (Å²) in [6, 6.07) is 6.27. The second-order valence-corrected chi connectivity index (χ2v) is 4.48. The highest BCUT2D eigenvalue weighted by molar-refractivity contribution is 5.93. The van der Waals surface area contributed by atoms with Gasteiger partial charge in [0.05, 0.1) is 7.11 Å². The molecule has 112 valence electrons. The molecule has 0 spiro atoms. The van der Waals surface area contributed by atoms with Gasteiger partial charge in [0.25, 0.3) is 0 Å². The summed E-state index contributed by atoms with van der Waals surface area (Å²) in [5.41, 5.74) is 11.8. The average Bonchev–Trinajstić information content (AvgIpc) is 2.93. The van der Waals surface area contributed by atoms with Gasteiger partial charge >= 0.3 is 5.97 Å².